The van der Waals surface area contributed by atoms with E-state index in [1.54, 1.807) is 0 Å². The minimum absolute atomic E-state index is 0.239. The summed E-state index contributed by atoms with van der Waals surface area (Å²) in [6.07, 6.45) is 0. The van der Waals surface area contributed by atoms with Gasteiger partial charge in [-0.15, -0.1) is 0 Å². The lowest BCUT2D eigenvalue weighted by Crippen LogP contribution is -2.17. The molecule has 0 amide bonds. The molecule has 0 saturated carbocycles. The van der Waals surface area contributed by atoms with E-state index in [1.165, 1.54) is 0 Å². The molecule has 0 spiro atoms. The van der Waals surface area contributed by atoms with Gasteiger partial charge in [-0.3, -0.25) is 0 Å². The van der Waals surface area contributed by atoms with Gasteiger partial charge in [0.1, 0.15) is 6.61 Å². The van der Waals surface area contributed by atoms with E-state index in [-0.39, 0.29) is 5.54 Å². The minimum atomic E-state index is -1.27. The third-order valence-electron chi connectivity index (χ3n) is 4.23. The van der Waals surface area contributed by atoms with Crippen molar-refractivity contribution in [2.24, 2.45) is 4.99 Å². The summed E-state index contributed by atoms with van der Waals surface area (Å²) in [5.41, 5.74) is 4.01. The van der Waals surface area contributed by atoms with Gasteiger partial charge < -0.3 is 4.74 Å². The predicted molar refractivity (Wildman–Crippen MR) is 98.3 cm³/mol. The fourth-order valence-corrected chi connectivity index (χ4v) is 3.89. The first-order valence-corrected chi connectivity index (χ1v) is 9.24. The summed E-state index contributed by atoms with van der Waals surface area (Å²) < 4.78 is 19.0. The van der Waals surface area contributed by atoms with Gasteiger partial charge in [-0.1, -0.05) is 17.7 Å². The van der Waals surface area contributed by atoms with Crippen LogP contribution in [0.5, 0.6) is 0 Å². The number of rotatable bonds is 3. The third-order valence-corrected chi connectivity index (χ3v) is 5.66. The molecule has 4 heteroatoms. The average Bonchev–Trinajstić information content (AvgIpc) is 2.89. The summed E-state index contributed by atoms with van der Waals surface area (Å²) in [6.45, 7) is 10.7. The molecule has 1 heterocycles. The lowest BCUT2D eigenvalue weighted by Gasteiger charge is -2.13. The molecule has 0 aliphatic carbocycles. The van der Waals surface area contributed by atoms with Crippen molar-refractivity contribution < 1.29 is 8.95 Å². The molecular formula is C20H23NO2S. The zero-order valence-corrected chi connectivity index (χ0v) is 15.7. The van der Waals surface area contributed by atoms with Crippen LogP contribution in [0.25, 0.3) is 0 Å². The van der Waals surface area contributed by atoms with Crippen molar-refractivity contribution in [3.05, 3.63) is 58.7 Å². The van der Waals surface area contributed by atoms with E-state index < -0.39 is 10.8 Å². The lowest BCUT2D eigenvalue weighted by molar-refractivity contribution is 0.279. The highest BCUT2D eigenvalue weighted by molar-refractivity contribution is 7.85. The molecule has 3 rings (SSSR count). The van der Waals surface area contributed by atoms with Crippen LogP contribution in [0, 0.1) is 20.8 Å². The van der Waals surface area contributed by atoms with Crippen LogP contribution in [0.2, 0.25) is 0 Å². The average molecular weight is 341 g/mol. The van der Waals surface area contributed by atoms with E-state index in [2.05, 4.69) is 11.9 Å². The molecule has 3 nitrogen and oxygen atoms in total. The fourth-order valence-electron chi connectivity index (χ4n) is 2.62. The molecule has 0 fully saturated rings. The van der Waals surface area contributed by atoms with Gasteiger partial charge in [0.25, 0.3) is 0 Å². The molecule has 2 aromatic rings. The summed E-state index contributed by atoms with van der Waals surface area (Å²) in [6, 6.07) is 11.9. The highest BCUT2D eigenvalue weighted by Crippen LogP contribution is 2.28. The van der Waals surface area contributed by atoms with Crippen LogP contribution in [-0.2, 0) is 15.5 Å². The summed E-state index contributed by atoms with van der Waals surface area (Å²) in [4.78, 5) is 6.23. The molecule has 1 atom stereocenters. The zero-order chi connectivity index (χ0) is 17.5. The van der Waals surface area contributed by atoms with Crippen LogP contribution in [-0.4, -0.2) is 22.3 Å². The molecule has 24 heavy (non-hydrogen) atoms. The molecule has 126 valence electrons. The maximum atomic E-state index is 13.2. The molecule has 1 aliphatic rings. The highest BCUT2D eigenvalue weighted by atomic mass is 32.2. The number of benzene rings is 2. The lowest BCUT2D eigenvalue weighted by atomic mass is 10.1. The van der Waals surface area contributed by atoms with Crippen LogP contribution in [0.1, 0.15) is 36.1 Å². The number of hydrogen-bond donors (Lipinski definition) is 0. The Kier molecular flexibility index (Phi) is 4.35. The first kappa shape index (κ1) is 16.9. The fraction of sp³-hybridized carbons (Fsp3) is 0.350. The Morgan fingerprint density at radius 3 is 2.25 bits per heavy atom. The minimum Gasteiger partial charge on any atom is -0.475 e. The standard InChI is InChI=1S/C20H23NO2S/c1-13-6-8-16(9-7-13)24(22)18-11-15(3)14(2)10-17(18)19-21-20(4,5)12-23-19/h6-11H,12H2,1-5H3. The maximum absolute atomic E-state index is 13.2. The summed E-state index contributed by atoms with van der Waals surface area (Å²) in [7, 11) is -1.27. The Morgan fingerprint density at radius 2 is 1.67 bits per heavy atom. The monoisotopic (exact) mass is 341 g/mol. The summed E-state index contributed by atoms with van der Waals surface area (Å²) in [5, 5.41) is 0. The van der Waals surface area contributed by atoms with Crippen molar-refractivity contribution in [1.82, 2.24) is 0 Å². The van der Waals surface area contributed by atoms with Crippen molar-refractivity contribution in [2.75, 3.05) is 6.61 Å². The second-order valence-corrected chi connectivity index (χ2v) is 8.48. The molecule has 0 saturated heterocycles. The third kappa shape index (κ3) is 3.29. The van der Waals surface area contributed by atoms with Gasteiger partial charge in [-0.05, 0) is 70.0 Å². The number of ether oxygens (including phenoxy) is 1. The van der Waals surface area contributed by atoms with E-state index in [9.17, 15) is 4.21 Å². The molecule has 2 aromatic carbocycles. The molecule has 0 N–H and O–H groups in total. The first-order valence-electron chi connectivity index (χ1n) is 8.09. The Bertz CT molecular complexity index is 835. The second-order valence-electron chi connectivity index (χ2n) is 7.03. The number of hydrogen-bond acceptors (Lipinski definition) is 3. The van der Waals surface area contributed by atoms with Gasteiger partial charge in [0, 0.05) is 4.90 Å². The highest BCUT2D eigenvalue weighted by Gasteiger charge is 2.29. The first-order chi connectivity index (χ1) is 11.3. The van der Waals surface area contributed by atoms with Gasteiger partial charge in [-0.2, -0.15) is 0 Å². The number of aryl methyl sites for hydroxylation is 3. The molecule has 0 aromatic heterocycles. The Morgan fingerprint density at radius 1 is 1.04 bits per heavy atom. The van der Waals surface area contributed by atoms with Crippen molar-refractivity contribution in [2.45, 2.75) is 49.9 Å². The van der Waals surface area contributed by atoms with Crippen LogP contribution in [0.3, 0.4) is 0 Å². The van der Waals surface area contributed by atoms with E-state index in [4.69, 9.17) is 4.74 Å². The van der Waals surface area contributed by atoms with Gasteiger partial charge in [0.05, 0.1) is 26.8 Å². The zero-order valence-electron chi connectivity index (χ0n) is 14.8. The van der Waals surface area contributed by atoms with Crippen molar-refractivity contribution >= 4 is 16.7 Å². The van der Waals surface area contributed by atoms with E-state index >= 15 is 0 Å². The summed E-state index contributed by atoms with van der Waals surface area (Å²) >= 11 is 0. The largest absolute Gasteiger partial charge is 0.475 e. The van der Waals surface area contributed by atoms with Gasteiger partial charge in [0.15, 0.2) is 0 Å². The van der Waals surface area contributed by atoms with Crippen LogP contribution < -0.4 is 0 Å². The Labute approximate surface area is 146 Å². The number of aliphatic imine (C=N–C) groups is 1. The molecule has 1 aliphatic heterocycles. The quantitative estimate of drug-likeness (QED) is 0.833. The van der Waals surface area contributed by atoms with Crippen molar-refractivity contribution in [1.29, 1.82) is 0 Å². The SMILES string of the molecule is Cc1ccc(S(=O)c2cc(C)c(C)cc2C2=NC(C)(C)CO2)cc1. The topological polar surface area (TPSA) is 38.7 Å². The Balaban J connectivity index is 2.12. The van der Waals surface area contributed by atoms with Gasteiger partial charge in [0.2, 0.25) is 5.90 Å². The van der Waals surface area contributed by atoms with Crippen LogP contribution in [0.15, 0.2) is 51.2 Å². The number of nitrogens with zero attached hydrogens (tertiary/aromatic N) is 1. The van der Waals surface area contributed by atoms with Crippen molar-refractivity contribution in [3.63, 3.8) is 0 Å². The molecule has 0 bridgehead atoms. The van der Waals surface area contributed by atoms with Gasteiger partial charge >= 0.3 is 0 Å². The molecular weight excluding hydrogens is 318 g/mol. The normalized spacial score (nSPS) is 17.3. The Hall–Kier alpha value is -1.94. The van der Waals surface area contributed by atoms with E-state index in [0.29, 0.717) is 12.5 Å². The van der Waals surface area contributed by atoms with E-state index in [1.807, 2.05) is 64.1 Å². The maximum Gasteiger partial charge on any atom is 0.218 e. The van der Waals surface area contributed by atoms with Crippen LogP contribution >= 0.6 is 0 Å². The summed E-state index contributed by atoms with van der Waals surface area (Å²) in [5.74, 6) is 0.596. The van der Waals surface area contributed by atoms with E-state index in [0.717, 1.165) is 32.0 Å². The van der Waals surface area contributed by atoms with Gasteiger partial charge in [-0.25, -0.2) is 9.20 Å². The smallest absolute Gasteiger partial charge is 0.218 e. The van der Waals surface area contributed by atoms with Crippen molar-refractivity contribution in [3.8, 4) is 0 Å². The molecule has 0 radical (unpaired) electrons. The molecule has 1 unspecified atom stereocenters. The van der Waals surface area contributed by atoms with Crippen LogP contribution in [0.4, 0.5) is 0 Å². The predicted octanol–water partition coefficient (Wildman–Crippen LogP) is 4.33. The second kappa shape index (κ2) is 6.17.